The predicted molar refractivity (Wildman–Crippen MR) is 61.9 cm³/mol. The summed E-state index contributed by atoms with van der Waals surface area (Å²) in [5, 5.41) is 2.23. The molecular weight excluding hydrogens is 261 g/mol. The van der Waals surface area contributed by atoms with E-state index < -0.39 is 36.0 Å². The van der Waals surface area contributed by atoms with Crippen molar-refractivity contribution in [2.75, 3.05) is 0 Å². The Balaban J connectivity index is 2.83. The van der Waals surface area contributed by atoms with Crippen molar-refractivity contribution in [3.8, 4) is 0 Å². The van der Waals surface area contributed by atoms with Gasteiger partial charge in [-0.2, -0.15) is 13.2 Å². The van der Waals surface area contributed by atoms with Crippen molar-refractivity contribution in [1.82, 2.24) is 5.32 Å². The van der Waals surface area contributed by atoms with Crippen LogP contribution in [0.25, 0.3) is 0 Å². The number of hydrogen-bond acceptors (Lipinski definition) is 2. The molecule has 0 bridgehead atoms. The molecule has 0 spiro atoms. The van der Waals surface area contributed by atoms with E-state index in [0.29, 0.717) is 0 Å². The van der Waals surface area contributed by atoms with Crippen LogP contribution in [0.5, 0.6) is 0 Å². The molecule has 0 aliphatic heterocycles. The zero-order valence-corrected chi connectivity index (χ0v) is 10.1. The van der Waals surface area contributed by atoms with Gasteiger partial charge in [-0.1, -0.05) is 18.2 Å². The second-order valence-electron chi connectivity index (χ2n) is 4.02. The predicted octanol–water partition coefficient (Wildman–Crippen LogP) is 1.24. The minimum absolute atomic E-state index is 0.149. The molecule has 0 fully saturated rings. The monoisotopic (exact) mass is 274 g/mol. The van der Waals surface area contributed by atoms with Crippen LogP contribution in [0.4, 0.5) is 13.2 Å². The average Bonchev–Trinajstić information content (AvgIpc) is 2.27. The van der Waals surface area contributed by atoms with Crippen LogP contribution in [0.15, 0.2) is 24.3 Å². The third kappa shape index (κ3) is 4.27. The molecule has 2 amide bonds. The molecule has 0 saturated heterocycles. The van der Waals surface area contributed by atoms with Crippen molar-refractivity contribution in [2.45, 2.75) is 25.6 Å². The Hall–Kier alpha value is -2.05. The van der Waals surface area contributed by atoms with E-state index >= 15 is 0 Å². The summed E-state index contributed by atoms with van der Waals surface area (Å²) in [6.45, 7) is 1.36. The van der Waals surface area contributed by atoms with Gasteiger partial charge in [-0.25, -0.2) is 0 Å². The maximum Gasteiger partial charge on any atom is 0.416 e. The van der Waals surface area contributed by atoms with Gasteiger partial charge in [0.15, 0.2) is 0 Å². The maximum atomic E-state index is 12.7. The van der Waals surface area contributed by atoms with Crippen molar-refractivity contribution in [2.24, 2.45) is 5.73 Å². The second-order valence-corrected chi connectivity index (χ2v) is 4.02. The minimum Gasteiger partial charge on any atom is -0.368 e. The van der Waals surface area contributed by atoms with Crippen LogP contribution in [0.2, 0.25) is 0 Å². The SMILES string of the molecule is CC(NC(=O)Cc1ccccc1C(F)(F)F)C(N)=O. The molecular formula is C12H13F3N2O2. The summed E-state index contributed by atoms with van der Waals surface area (Å²) in [6, 6.07) is 3.86. The van der Waals surface area contributed by atoms with E-state index in [-0.39, 0.29) is 5.56 Å². The molecule has 0 aliphatic rings. The number of carbonyl (C=O) groups is 2. The Kier molecular flexibility index (Phi) is 4.52. The highest BCUT2D eigenvalue weighted by Gasteiger charge is 2.33. The lowest BCUT2D eigenvalue weighted by Crippen LogP contribution is -2.42. The van der Waals surface area contributed by atoms with Crippen LogP contribution in [0, 0.1) is 0 Å². The molecule has 0 aliphatic carbocycles. The number of halogens is 3. The molecule has 19 heavy (non-hydrogen) atoms. The van der Waals surface area contributed by atoms with Gasteiger partial charge in [-0.05, 0) is 18.6 Å². The van der Waals surface area contributed by atoms with Crippen molar-refractivity contribution < 1.29 is 22.8 Å². The Labute approximate surface area is 107 Å². The van der Waals surface area contributed by atoms with Gasteiger partial charge in [0.2, 0.25) is 11.8 Å². The number of carbonyl (C=O) groups excluding carboxylic acids is 2. The van der Waals surface area contributed by atoms with Crippen molar-refractivity contribution in [3.63, 3.8) is 0 Å². The standard InChI is InChI=1S/C12H13F3N2O2/c1-7(11(16)19)17-10(18)6-8-4-2-3-5-9(8)12(13,14)15/h2-5,7H,6H2,1H3,(H2,16,19)(H,17,18). The number of primary amides is 1. The molecule has 3 N–H and O–H groups in total. The molecule has 1 atom stereocenters. The average molecular weight is 274 g/mol. The summed E-state index contributed by atoms with van der Waals surface area (Å²) >= 11 is 0. The van der Waals surface area contributed by atoms with Crippen LogP contribution in [-0.4, -0.2) is 17.9 Å². The first-order valence-electron chi connectivity index (χ1n) is 5.45. The highest BCUT2D eigenvalue weighted by molar-refractivity contribution is 5.87. The van der Waals surface area contributed by atoms with Gasteiger partial charge in [-0.15, -0.1) is 0 Å². The summed E-state index contributed by atoms with van der Waals surface area (Å²) in [5.74, 6) is -1.44. The normalized spacial score (nSPS) is 12.8. The Morgan fingerprint density at radius 1 is 1.32 bits per heavy atom. The van der Waals surface area contributed by atoms with Gasteiger partial charge in [0, 0.05) is 0 Å². The van der Waals surface area contributed by atoms with Crippen molar-refractivity contribution in [3.05, 3.63) is 35.4 Å². The summed E-state index contributed by atoms with van der Waals surface area (Å²) in [6.07, 6.45) is -4.99. The molecule has 7 heteroatoms. The van der Waals surface area contributed by atoms with E-state index in [9.17, 15) is 22.8 Å². The highest BCUT2D eigenvalue weighted by Crippen LogP contribution is 2.31. The molecule has 0 heterocycles. The number of alkyl halides is 3. The molecule has 1 aromatic rings. The van der Waals surface area contributed by atoms with Gasteiger partial charge in [0.1, 0.15) is 6.04 Å². The summed E-state index contributed by atoms with van der Waals surface area (Å²) < 4.78 is 38.1. The zero-order chi connectivity index (χ0) is 14.6. The third-order valence-electron chi connectivity index (χ3n) is 2.48. The molecule has 104 valence electrons. The topological polar surface area (TPSA) is 72.2 Å². The second kappa shape index (κ2) is 5.73. The van der Waals surface area contributed by atoms with Crippen molar-refractivity contribution >= 4 is 11.8 Å². The van der Waals surface area contributed by atoms with Crippen LogP contribution in [0.1, 0.15) is 18.1 Å². The van der Waals surface area contributed by atoms with E-state index in [4.69, 9.17) is 5.73 Å². The molecule has 1 aromatic carbocycles. The fourth-order valence-corrected chi connectivity index (χ4v) is 1.49. The Morgan fingerprint density at radius 2 is 1.89 bits per heavy atom. The van der Waals surface area contributed by atoms with Gasteiger partial charge in [0.25, 0.3) is 0 Å². The molecule has 1 rings (SSSR count). The largest absolute Gasteiger partial charge is 0.416 e. The van der Waals surface area contributed by atoms with Gasteiger partial charge >= 0.3 is 6.18 Å². The molecule has 4 nitrogen and oxygen atoms in total. The molecule has 1 unspecified atom stereocenters. The fraction of sp³-hybridized carbons (Fsp3) is 0.333. The number of amides is 2. The lowest BCUT2D eigenvalue weighted by Gasteiger charge is -2.14. The number of hydrogen-bond donors (Lipinski definition) is 2. The Bertz CT molecular complexity index is 486. The summed E-state index contributed by atoms with van der Waals surface area (Å²) in [5.41, 5.74) is 3.93. The van der Waals surface area contributed by atoms with E-state index in [1.54, 1.807) is 0 Å². The van der Waals surface area contributed by atoms with Crippen LogP contribution in [0.3, 0.4) is 0 Å². The van der Waals surface area contributed by atoms with Crippen LogP contribution < -0.4 is 11.1 Å². The molecule has 0 radical (unpaired) electrons. The first-order valence-corrected chi connectivity index (χ1v) is 5.45. The number of nitrogens with two attached hydrogens (primary N) is 1. The van der Waals surface area contributed by atoms with E-state index in [1.165, 1.54) is 25.1 Å². The first kappa shape index (κ1) is 15.0. The smallest absolute Gasteiger partial charge is 0.368 e. The van der Waals surface area contributed by atoms with Crippen LogP contribution >= 0.6 is 0 Å². The van der Waals surface area contributed by atoms with Gasteiger partial charge < -0.3 is 11.1 Å². The maximum absolute atomic E-state index is 12.7. The highest BCUT2D eigenvalue weighted by atomic mass is 19.4. The fourth-order valence-electron chi connectivity index (χ4n) is 1.49. The first-order chi connectivity index (χ1) is 8.71. The van der Waals surface area contributed by atoms with E-state index in [0.717, 1.165) is 6.07 Å². The van der Waals surface area contributed by atoms with Gasteiger partial charge in [-0.3, -0.25) is 9.59 Å². The molecule has 0 saturated carbocycles. The van der Waals surface area contributed by atoms with E-state index in [2.05, 4.69) is 5.32 Å². The minimum atomic E-state index is -4.52. The Morgan fingerprint density at radius 3 is 2.42 bits per heavy atom. The van der Waals surface area contributed by atoms with Crippen LogP contribution in [-0.2, 0) is 22.2 Å². The third-order valence-corrected chi connectivity index (χ3v) is 2.48. The number of rotatable bonds is 4. The quantitative estimate of drug-likeness (QED) is 0.867. The molecule has 0 aromatic heterocycles. The number of nitrogens with one attached hydrogen (secondary N) is 1. The lowest BCUT2D eigenvalue weighted by molar-refractivity contribution is -0.138. The lowest BCUT2D eigenvalue weighted by atomic mass is 10.0. The summed E-state index contributed by atoms with van der Waals surface area (Å²) in [7, 11) is 0. The zero-order valence-electron chi connectivity index (χ0n) is 10.1. The number of benzene rings is 1. The van der Waals surface area contributed by atoms with Gasteiger partial charge in [0.05, 0.1) is 12.0 Å². The summed E-state index contributed by atoms with van der Waals surface area (Å²) in [4.78, 5) is 22.3. The van der Waals surface area contributed by atoms with E-state index in [1.807, 2.05) is 0 Å². The van der Waals surface area contributed by atoms with Crippen molar-refractivity contribution in [1.29, 1.82) is 0 Å².